The van der Waals surface area contributed by atoms with Gasteiger partial charge in [-0.15, -0.1) is 0 Å². The minimum absolute atomic E-state index is 0.129. The molecule has 1 heterocycles. The maximum Gasteiger partial charge on any atom is 0.261 e. The van der Waals surface area contributed by atoms with Crippen molar-refractivity contribution < 1.29 is 14.0 Å². The van der Waals surface area contributed by atoms with Crippen molar-refractivity contribution in [2.45, 2.75) is 52.1 Å². The SMILES string of the molecule is CC(C)(C)[Si](C)(C)OCc1ccccc1CN1C(=O)c2ccccc2C1=O. The Morgan fingerprint density at radius 3 is 1.85 bits per heavy atom. The van der Waals surface area contributed by atoms with Crippen molar-refractivity contribution in [2.24, 2.45) is 0 Å². The van der Waals surface area contributed by atoms with E-state index in [9.17, 15) is 9.59 Å². The number of nitrogens with zero attached hydrogens (tertiary/aromatic N) is 1. The highest BCUT2D eigenvalue weighted by molar-refractivity contribution is 6.74. The Hall–Kier alpha value is -2.24. The minimum atomic E-state index is -1.88. The van der Waals surface area contributed by atoms with E-state index in [2.05, 4.69) is 33.9 Å². The Bertz CT molecular complexity index is 848. The van der Waals surface area contributed by atoms with E-state index < -0.39 is 8.32 Å². The predicted octanol–water partition coefficient (Wildman–Crippen LogP) is 5.00. The molecule has 0 N–H and O–H groups in total. The number of rotatable bonds is 5. The maximum absolute atomic E-state index is 12.7. The Labute approximate surface area is 162 Å². The van der Waals surface area contributed by atoms with E-state index in [0.717, 1.165) is 11.1 Å². The summed E-state index contributed by atoms with van der Waals surface area (Å²) in [7, 11) is -1.88. The fraction of sp³-hybridized carbons (Fsp3) is 0.364. The van der Waals surface area contributed by atoms with Gasteiger partial charge in [0.05, 0.1) is 24.3 Å². The zero-order chi connectivity index (χ0) is 19.8. The molecular formula is C22H27NO3Si. The summed E-state index contributed by atoms with van der Waals surface area (Å²) in [6.07, 6.45) is 0. The first kappa shape index (κ1) is 19.5. The van der Waals surface area contributed by atoms with Crippen molar-refractivity contribution in [3.05, 3.63) is 70.8 Å². The van der Waals surface area contributed by atoms with E-state index in [-0.39, 0.29) is 23.4 Å². The standard InChI is InChI=1S/C22H27NO3Si/c1-22(2,3)27(4,5)26-15-17-11-7-6-10-16(17)14-23-20(24)18-12-8-9-13-19(18)21(23)25/h6-13H,14-15H2,1-5H3. The number of amides is 2. The fourth-order valence-electron chi connectivity index (χ4n) is 2.88. The number of hydrogen-bond acceptors (Lipinski definition) is 3. The van der Waals surface area contributed by atoms with Gasteiger partial charge in [0.15, 0.2) is 8.32 Å². The molecule has 0 aromatic heterocycles. The van der Waals surface area contributed by atoms with Crippen LogP contribution in [0.2, 0.25) is 18.1 Å². The zero-order valence-corrected chi connectivity index (χ0v) is 17.7. The average Bonchev–Trinajstić information content (AvgIpc) is 2.85. The topological polar surface area (TPSA) is 46.6 Å². The molecule has 0 spiro atoms. The largest absolute Gasteiger partial charge is 0.413 e. The van der Waals surface area contributed by atoms with Crippen LogP contribution in [0.15, 0.2) is 48.5 Å². The van der Waals surface area contributed by atoms with E-state index in [1.54, 1.807) is 24.3 Å². The second kappa shape index (κ2) is 7.06. The van der Waals surface area contributed by atoms with Crippen molar-refractivity contribution in [3.8, 4) is 0 Å². The molecule has 0 unspecified atom stereocenters. The molecule has 2 aromatic carbocycles. The van der Waals surface area contributed by atoms with Crippen LogP contribution in [0.1, 0.15) is 52.6 Å². The second-order valence-corrected chi connectivity index (χ2v) is 13.4. The number of carbonyl (C=O) groups excluding carboxylic acids is 2. The van der Waals surface area contributed by atoms with Crippen molar-refractivity contribution in [1.82, 2.24) is 4.90 Å². The molecule has 5 heteroatoms. The van der Waals surface area contributed by atoms with Gasteiger partial charge in [-0.2, -0.15) is 0 Å². The Kier molecular flexibility index (Phi) is 5.10. The van der Waals surface area contributed by atoms with Crippen molar-refractivity contribution in [3.63, 3.8) is 0 Å². The molecule has 142 valence electrons. The quantitative estimate of drug-likeness (QED) is 0.540. The monoisotopic (exact) mass is 381 g/mol. The van der Waals surface area contributed by atoms with Crippen LogP contribution >= 0.6 is 0 Å². The summed E-state index contributed by atoms with van der Waals surface area (Å²) in [4.78, 5) is 26.6. The lowest BCUT2D eigenvalue weighted by atomic mass is 10.1. The van der Waals surface area contributed by atoms with Gasteiger partial charge in [-0.25, -0.2) is 0 Å². The van der Waals surface area contributed by atoms with Gasteiger partial charge in [0.2, 0.25) is 0 Å². The Balaban J connectivity index is 1.80. The van der Waals surface area contributed by atoms with E-state index in [1.807, 2.05) is 24.3 Å². The van der Waals surface area contributed by atoms with Crippen LogP contribution in [0.3, 0.4) is 0 Å². The molecule has 2 aromatic rings. The summed E-state index contributed by atoms with van der Waals surface area (Å²) in [5.41, 5.74) is 2.94. The highest BCUT2D eigenvalue weighted by Gasteiger charge is 2.38. The molecule has 0 fully saturated rings. The van der Waals surface area contributed by atoms with Crippen molar-refractivity contribution >= 4 is 20.1 Å². The molecule has 27 heavy (non-hydrogen) atoms. The molecule has 2 amide bonds. The fourth-order valence-corrected chi connectivity index (χ4v) is 3.83. The Morgan fingerprint density at radius 1 is 0.852 bits per heavy atom. The summed E-state index contributed by atoms with van der Waals surface area (Å²) in [5.74, 6) is -0.452. The van der Waals surface area contributed by atoms with Gasteiger partial charge in [0.1, 0.15) is 0 Å². The van der Waals surface area contributed by atoms with E-state index >= 15 is 0 Å². The third-order valence-corrected chi connectivity index (χ3v) is 10.2. The number of fused-ring (bicyclic) bond motifs is 1. The van der Waals surface area contributed by atoms with Crippen molar-refractivity contribution in [1.29, 1.82) is 0 Å². The molecular weight excluding hydrogens is 354 g/mol. The molecule has 0 atom stereocenters. The predicted molar refractivity (Wildman–Crippen MR) is 109 cm³/mol. The normalized spacial score (nSPS) is 14.6. The second-order valence-electron chi connectivity index (χ2n) is 8.56. The van der Waals surface area contributed by atoms with Crippen LogP contribution < -0.4 is 0 Å². The molecule has 3 rings (SSSR count). The number of imide groups is 1. The lowest BCUT2D eigenvalue weighted by molar-refractivity contribution is 0.0641. The van der Waals surface area contributed by atoms with Gasteiger partial charge in [0, 0.05) is 0 Å². The molecule has 1 aliphatic heterocycles. The third kappa shape index (κ3) is 3.75. The zero-order valence-electron chi connectivity index (χ0n) is 16.7. The summed E-state index contributed by atoms with van der Waals surface area (Å²) in [6.45, 7) is 11.8. The van der Waals surface area contributed by atoms with E-state index in [1.165, 1.54) is 4.90 Å². The molecule has 4 nitrogen and oxygen atoms in total. The van der Waals surface area contributed by atoms with Crippen LogP contribution in [0.4, 0.5) is 0 Å². The van der Waals surface area contributed by atoms with Crippen LogP contribution in [0, 0.1) is 0 Å². The van der Waals surface area contributed by atoms with Crippen molar-refractivity contribution in [2.75, 3.05) is 0 Å². The first-order chi connectivity index (χ1) is 12.6. The Morgan fingerprint density at radius 2 is 1.33 bits per heavy atom. The summed E-state index contributed by atoms with van der Waals surface area (Å²) in [5, 5.41) is 0.129. The first-order valence-electron chi connectivity index (χ1n) is 9.28. The number of benzene rings is 2. The molecule has 1 aliphatic rings. The number of carbonyl (C=O) groups is 2. The van der Waals surface area contributed by atoms with Gasteiger partial charge >= 0.3 is 0 Å². The van der Waals surface area contributed by atoms with Crippen LogP contribution in [-0.4, -0.2) is 25.0 Å². The smallest absolute Gasteiger partial charge is 0.261 e. The lowest BCUT2D eigenvalue weighted by Crippen LogP contribution is -2.40. The molecule has 0 aliphatic carbocycles. The van der Waals surface area contributed by atoms with Gasteiger partial charge in [-0.1, -0.05) is 57.2 Å². The lowest BCUT2D eigenvalue weighted by Gasteiger charge is -2.36. The average molecular weight is 382 g/mol. The number of hydrogen-bond donors (Lipinski definition) is 0. The van der Waals surface area contributed by atoms with Crippen LogP contribution in [0.25, 0.3) is 0 Å². The molecule has 0 radical (unpaired) electrons. The van der Waals surface area contributed by atoms with Gasteiger partial charge in [-0.3, -0.25) is 14.5 Å². The summed E-state index contributed by atoms with van der Waals surface area (Å²) >= 11 is 0. The van der Waals surface area contributed by atoms with E-state index in [0.29, 0.717) is 17.7 Å². The van der Waals surface area contributed by atoms with Crippen LogP contribution in [-0.2, 0) is 17.6 Å². The molecule has 0 saturated carbocycles. The third-order valence-electron chi connectivity index (χ3n) is 5.72. The maximum atomic E-state index is 12.7. The molecule has 0 bridgehead atoms. The van der Waals surface area contributed by atoms with Gasteiger partial charge < -0.3 is 4.43 Å². The first-order valence-corrected chi connectivity index (χ1v) is 12.2. The minimum Gasteiger partial charge on any atom is -0.413 e. The van der Waals surface area contributed by atoms with Gasteiger partial charge in [0.25, 0.3) is 11.8 Å². The van der Waals surface area contributed by atoms with E-state index in [4.69, 9.17) is 4.43 Å². The molecule has 0 saturated heterocycles. The van der Waals surface area contributed by atoms with Gasteiger partial charge in [-0.05, 0) is 41.4 Å². The van der Waals surface area contributed by atoms with Crippen LogP contribution in [0.5, 0.6) is 0 Å². The summed E-state index contributed by atoms with van der Waals surface area (Å²) < 4.78 is 6.35. The summed E-state index contributed by atoms with van der Waals surface area (Å²) in [6, 6.07) is 14.9. The highest BCUT2D eigenvalue weighted by atomic mass is 28.4. The highest BCUT2D eigenvalue weighted by Crippen LogP contribution is 2.37.